The molecule has 0 amide bonds. The maximum Gasteiger partial charge on any atom is 0.231 e. The van der Waals surface area contributed by atoms with E-state index in [0.29, 0.717) is 6.79 Å². The minimum atomic E-state index is 0.0374. The molecule has 2 heterocycles. The van der Waals surface area contributed by atoms with Crippen molar-refractivity contribution < 1.29 is 9.47 Å². The largest absolute Gasteiger partial charge is 0.454 e. The monoisotopic (exact) mass is 188 g/mol. The highest BCUT2D eigenvalue weighted by Crippen LogP contribution is 2.38. The van der Waals surface area contributed by atoms with Crippen molar-refractivity contribution in [2.24, 2.45) is 0 Å². The average molecular weight is 188 g/mol. The quantitative estimate of drug-likeness (QED) is 0.620. The number of fused-ring (bicyclic) bond motifs is 1. The Bertz CT molecular complexity index is 425. The summed E-state index contributed by atoms with van der Waals surface area (Å²) in [5.41, 5.74) is 1.03. The summed E-state index contributed by atoms with van der Waals surface area (Å²) in [4.78, 5) is 2.02. The van der Waals surface area contributed by atoms with E-state index in [0.717, 1.165) is 23.7 Å². The Morgan fingerprint density at radius 2 is 2.21 bits per heavy atom. The van der Waals surface area contributed by atoms with Crippen LogP contribution in [0.2, 0.25) is 0 Å². The lowest BCUT2D eigenvalue weighted by molar-refractivity contribution is 0.174. The van der Waals surface area contributed by atoms with Crippen LogP contribution in [0.25, 0.3) is 0 Å². The highest BCUT2D eigenvalue weighted by atomic mass is 16.7. The number of hydrogen-bond donors (Lipinski definition) is 0. The number of benzene rings is 1. The molecule has 1 aromatic carbocycles. The van der Waals surface area contributed by atoms with Crippen LogP contribution in [0.3, 0.4) is 0 Å². The van der Waals surface area contributed by atoms with Crippen molar-refractivity contribution in [1.82, 2.24) is 0 Å². The van der Waals surface area contributed by atoms with E-state index < -0.39 is 0 Å². The average Bonchev–Trinajstić information content (AvgIpc) is 2.87. The van der Waals surface area contributed by atoms with Crippen molar-refractivity contribution in [2.75, 3.05) is 18.2 Å². The van der Waals surface area contributed by atoms with Crippen molar-refractivity contribution in [3.63, 3.8) is 0 Å². The Morgan fingerprint density at radius 1 is 1.36 bits per heavy atom. The third kappa shape index (κ3) is 0.990. The zero-order valence-corrected chi connectivity index (χ0v) is 7.43. The summed E-state index contributed by atoms with van der Waals surface area (Å²) in [7, 11) is 0. The van der Waals surface area contributed by atoms with Crippen LogP contribution in [0, 0.1) is 11.3 Å². The first-order valence-corrected chi connectivity index (χ1v) is 4.44. The van der Waals surface area contributed by atoms with Gasteiger partial charge in [-0.05, 0) is 12.1 Å². The van der Waals surface area contributed by atoms with Crippen molar-refractivity contribution in [3.05, 3.63) is 18.2 Å². The van der Waals surface area contributed by atoms with Gasteiger partial charge in [-0.25, -0.2) is 0 Å². The number of nitriles is 1. The standard InChI is InChI=1S/C10H8N2O2/c11-4-8-5-12(8)7-1-2-9-10(3-7)14-6-13-9/h1-3,8H,5-6H2. The van der Waals surface area contributed by atoms with Crippen molar-refractivity contribution in [3.8, 4) is 17.6 Å². The summed E-state index contributed by atoms with van der Waals surface area (Å²) in [6.45, 7) is 1.11. The van der Waals surface area contributed by atoms with Gasteiger partial charge in [0.05, 0.1) is 12.6 Å². The zero-order valence-electron chi connectivity index (χ0n) is 7.43. The molecule has 0 bridgehead atoms. The van der Waals surface area contributed by atoms with Gasteiger partial charge >= 0.3 is 0 Å². The lowest BCUT2D eigenvalue weighted by atomic mass is 10.3. The number of rotatable bonds is 1. The van der Waals surface area contributed by atoms with Gasteiger partial charge in [0.1, 0.15) is 6.04 Å². The fourth-order valence-electron chi connectivity index (χ4n) is 1.60. The first-order valence-electron chi connectivity index (χ1n) is 4.44. The molecule has 0 aromatic heterocycles. The Morgan fingerprint density at radius 3 is 3.00 bits per heavy atom. The van der Waals surface area contributed by atoms with Gasteiger partial charge in [0.15, 0.2) is 11.5 Å². The Hall–Kier alpha value is -1.89. The molecule has 14 heavy (non-hydrogen) atoms. The minimum Gasteiger partial charge on any atom is -0.454 e. The summed E-state index contributed by atoms with van der Waals surface area (Å²) >= 11 is 0. The number of hydrogen-bond acceptors (Lipinski definition) is 4. The molecule has 2 aliphatic rings. The lowest BCUT2D eigenvalue weighted by Gasteiger charge is -2.03. The van der Waals surface area contributed by atoms with Gasteiger partial charge in [0.25, 0.3) is 0 Å². The number of anilines is 1. The third-order valence-corrected chi connectivity index (χ3v) is 2.45. The van der Waals surface area contributed by atoms with Crippen LogP contribution in [0.15, 0.2) is 18.2 Å². The van der Waals surface area contributed by atoms with Crippen LogP contribution in [0.4, 0.5) is 5.69 Å². The van der Waals surface area contributed by atoms with Crippen LogP contribution < -0.4 is 14.4 Å². The molecule has 70 valence electrons. The second-order valence-electron chi connectivity index (χ2n) is 3.33. The molecule has 1 fully saturated rings. The highest BCUT2D eigenvalue weighted by Gasteiger charge is 2.34. The molecule has 0 radical (unpaired) electrons. The van der Waals surface area contributed by atoms with Crippen LogP contribution in [0.5, 0.6) is 11.5 Å². The number of nitrogens with zero attached hydrogens (tertiary/aromatic N) is 2. The second kappa shape index (κ2) is 2.55. The van der Waals surface area contributed by atoms with Crippen LogP contribution in [-0.2, 0) is 0 Å². The van der Waals surface area contributed by atoms with Gasteiger partial charge in [-0.15, -0.1) is 0 Å². The Labute approximate surface area is 81.3 Å². The van der Waals surface area contributed by atoms with Crippen LogP contribution in [-0.4, -0.2) is 19.4 Å². The predicted molar refractivity (Wildman–Crippen MR) is 49.3 cm³/mol. The molecule has 1 aromatic rings. The topological polar surface area (TPSA) is 45.3 Å². The van der Waals surface area contributed by atoms with E-state index in [1.807, 2.05) is 23.1 Å². The lowest BCUT2D eigenvalue weighted by Crippen LogP contribution is -1.96. The van der Waals surface area contributed by atoms with Gasteiger partial charge in [-0.2, -0.15) is 5.26 Å². The third-order valence-electron chi connectivity index (χ3n) is 2.45. The van der Waals surface area contributed by atoms with E-state index in [4.69, 9.17) is 14.7 Å². The second-order valence-corrected chi connectivity index (χ2v) is 3.33. The summed E-state index contributed by atoms with van der Waals surface area (Å²) < 4.78 is 10.5. The van der Waals surface area contributed by atoms with Crippen molar-refractivity contribution >= 4 is 5.69 Å². The van der Waals surface area contributed by atoms with Gasteiger partial charge in [-0.3, -0.25) is 0 Å². The summed E-state index contributed by atoms with van der Waals surface area (Å²) in [5, 5.41) is 8.68. The maximum absolute atomic E-state index is 8.68. The predicted octanol–water partition coefficient (Wildman–Crippen LogP) is 1.13. The fraction of sp³-hybridized carbons (Fsp3) is 0.300. The SMILES string of the molecule is N#CC1CN1c1ccc2c(c1)OCO2. The molecule has 0 saturated carbocycles. The van der Waals surface area contributed by atoms with E-state index in [1.165, 1.54) is 0 Å². The van der Waals surface area contributed by atoms with E-state index >= 15 is 0 Å². The van der Waals surface area contributed by atoms with E-state index in [1.54, 1.807) is 0 Å². The molecule has 0 aliphatic carbocycles. The number of ether oxygens (including phenoxy) is 2. The normalized spacial score (nSPS) is 21.9. The first kappa shape index (κ1) is 7.51. The first-order chi connectivity index (χ1) is 6.88. The molecule has 3 rings (SSSR count). The summed E-state index contributed by atoms with van der Waals surface area (Å²) in [5.74, 6) is 1.55. The summed E-state index contributed by atoms with van der Waals surface area (Å²) in [6.07, 6.45) is 0. The molecule has 2 aliphatic heterocycles. The maximum atomic E-state index is 8.68. The van der Waals surface area contributed by atoms with E-state index in [-0.39, 0.29) is 6.04 Å². The van der Waals surface area contributed by atoms with Crippen molar-refractivity contribution in [2.45, 2.75) is 6.04 Å². The van der Waals surface area contributed by atoms with E-state index in [9.17, 15) is 0 Å². The molecular weight excluding hydrogens is 180 g/mol. The van der Waals surface area contributed by atoms with Gasteiger partial charge in [-0.1, -0.05) is 0 Å². The molecule has 1 unspecified atom stereocenters. The molecule has 0 spiro atoms. The molecule has 4 nitrogen and oxygen atoms in total. The van der Waals surface area contributed by atoms with Crippen LogP contribution >= 0.6 is 0 Å². The van der Waals surface area contributed by atoms with Crippen LogP contribution in [0.1, 0.15) is 0 Å². The molecule has 0 N–H and O–H groups in total. The van der Waals surface area contributed by atoms with Gasteiger partial charge < -0.3 is 14.4 Å². The smallest absolute Gasteiger partial charge is 0.231 e. The highest BCUT2D eigenvalue weighted by molar-refractivity contribution is 5.62. The minimum absolute atomic E-state index is 0.0374. The van der Waals surface area contributed by atoms with Gasteiger partial charge in [0.2, 0.25) is 6.79 Å². The van der Waals surface area contributed by atoms with Gasteiger partial charge in [0, 0.05) is 11.8 Å². The molecule has 1 saturated heterocycles. The Kier molecular flexibility index (Phi) is 1.37. The molecular formula is C10H8N2O2. The molecule has 1 atom stereocenters. The summed E-state index contributed by atoms with van der Waals surface area (Å²) in [6, 6.07) is 7.99. The fourth-order valence-corrected chi connectivity index (χ4v) is 1.60. The Balaban J connectivity index is 1.91. The molecule has 4 heteroatoms. The van der Waals surface area contributed by atoms with E-state index in [2.05, 4.69) is 6.07 Å². The van der Waals surface area contributed by atoms with Crippen molar-refractivity contribution in [1.29, 1.82) is 5.26 Å². The zero-order chi connectivity index (χ0) is 9.54.